The molecule has 0 aliphatic rings. The highest BCUT2D eigenvalue weighted by Gasteiger charge is 2.22. The average Bonchev–Trinajstić information content (AvgIpc) is 2.70. The van der Waals surface area contributed by atoms with Crippen LogP contribution in [0, 0.1) is 5.92 Å². The SMILES string of the molecule is COc1cc(CNC(=O)C(C)C(N)c2ccccc2)cc(OC)c1OC. The van der Waals surface area contributed by atoms with Crippen molar-refractivity contribution >= 4 is 5.91 Å². The Balaban J connectivity index is 2.07. The molecule has 0 fully saturated rings. The van der Waals surface area contributed by atoms with E-state index in [0.29, 0.717) is 23.8 Å². The second-order valence-corrected chi connectivity index (χ2v) is 5.98. The lowest BCUT2D eigenvalue weighted by Crippen LogP contribution is -2.35. The molecule has 2 unspecified atom stereocenters. The third-order valence-corrected chi connectivity index (χ3v) is 4.33. The molecule has 0 saturated carbocycles. The van der Waals surface area contributed by atoms with Gasteiger partial charge in [-0.15, -0.1) is 0 Å². The highest BCUT2D eigenvalue weighted by molar-refractivity contribution is 5.79. The average molecular weight is 358 g/mol. The van der Waals surface area contributed by atoms with E-state index in [1.807, 2.05) is 49.4 Å². The van der Waals surface area contributed by atoms with Gasteiger partial charge in [-0.05, 0) is 23.3 Å². The minimum atomic E-state index is -0.365. The largest absolute Gasteiger partial charge is 0.493 e. The van der Waals surface area contributed by atoms with Gasteiger partial charge in [0.25, 0.3) is 0 Å². The van der Waals surface area contributed by atoms with Crippen LogP contribution in [0.3, 0.4) is 0 Å². The Labute approximate surface area is 154 Å². The van der Waals surface area contributed by atoms with E-state index in [0.717, 1.165) is 11.1 Å². The number of methoxy groups -OCH3 is 3. The molecule has 0 radical (unpaired) electrons. The van der Waals surface area contributed by atoms with E-state index in [2.05, 4.69) is 5.32 Å². The van der Waals surface area contributed by atoms with E-state index in [1.165, 1.54) is 0 Å². The number of nitrogens with one attached hydrogen (secondary N) is 1. The molecule has 2 aromatic rings. The fourth-order valence-electron chi connectivity index (χ4n) is 2.71. The van der Waals surface area contributed by atoms with Crippen LogP contribution < -0.4 is 25.3 Å². The molecule has 2 atom stereocenters. The summed E-state index contributed by atoms with van der Waals surface area (Å²) in [5, 5.41) is 2.92. The van der Waals surface area contributed by atoms with Crippen LogP contribution in [0.25, 0.3) is 0 Å². The molecular formula is C20H26N2O4. The first-order valence-corrected chi connectivity index (χ1v) is 8.39. The van der Waals surface area contributed by atoms with Gasteiger partial charge in [-0.25, -0.2) is 0 Å². The summed E-state index contributed by atoms with van der Waals surface area (Å²) < 4.78 is 16.0. The molecule has 140 valence electrons. The molecule has 0 aliphatic heterocycles. The first-order valence-electron chi connectivity index (χ1n) is 8.39. The van der Waals surface area contributed by atoms with Crippen molar-refractivity contribution in [2.24, 2.45) is 11.7 Å². The number of ether oxygens (including phenoxy) is 3. The standard InChI is InChI=1S/C20H26N2O4/c1-13(18(21)15-8-6-5-7-9-15)20(23)22-12-14-10-16(24-2)19(26-4)17(11-14)25-3/h5-11,13,18H,12,21H2,1-4H3,(H,22,23). The van der Waals surface area contributed by atoms with Crippen molar-refractivity contribution in [2.75, 3.05) is 21.3 Å². The Morgan fingerprint density at radius 3 is 2.12 bits per heavy atom. The van der Waals surface area contributed by atoms with Crippen molar-refractivity contribution in [3.05, 3.63) is 53.6 Å². The molecule has 0 aromatic heterocycles. The maximum atomic E-state index is 12.5. The van der Waals surface area contributed by atoms with E-state index >= 15 is 0 Å². The minimum absolute atomic E-state index is 0.116. The zero-order valence-corrected chi connectivity index (χ0v) is 15.6. The zero-order valence-electron chi connectivity index (χ0n) is 15.6. The lowest BCUT2D eigenvalue weighted by molar-refractivity contribution is -0.125. The lowest BCUT2D eigenvalue weighted by atomic mass is 9.94. The molecule has 3 N–H and O–H groups in total. The topological polar surface area (TPSA) is 82.8 Å². The third-order valence-electron chi connectivity index (χ3n) is 4.33. The number of rotatable bonds is 8. The van der Waals surface area contributed by atoms with Gasteiger partial charge in [0.1, 0.15) is 0 Å². The van der Waals surface area contributed by atoms with Gasteiger partial charge in [-0.2, -0.15) is 0 Å². The van der Waals surface area contributed by atoms with Crippen molar-refractivity contribution < 1.29 is 19.0 Å². The first-order chi connectivity index (χ1) is 12.5. The van der Waals surface area contributed by atoms with Gasteiger partial charge in [-0.3, -0.25) is 4.79 Å². The Bertz CT molecular complexity index is 709. The van der Waals surface area contributed by atoms with Gasteiger partial charge < -0.3 is 25.3 Å². The number of carbonyl (C=O) groups excluding carboxylic acids is 1. The molecule has 2 rings (SSSR count). The van der Waals surface area contributed by atoms with Crippen molar-refractivity contribution in [2.45, 2.75) is 19.5 Å². The van der Waals surface area contributed by atoms with Crippen LogP contribution in [-0.4, -0.2) is 27.2 Å². The van der Waals surface area contributed by atoms with Crippen molar-refractivity contribution in [3.63, 3.8) is 0 Å². The fraction of sp³-hybridized carbons (Fsp3) is 0.350. The zero-order chi connectivity index (χ0) is 19.1. The molecule has 0 heterocycles. The van der Waals surface area contributed by atoms with Crippen LogP contribution in [0.15, 0.2) is 42.5 Å². The highest BCUT2D eigenvalue weighted by atomic mass is 16.5. The lowest BCUT2D eigenvalue weighted by Gasteiger charge is -2.20. The smallest absolute Gasteiger partial charge is 0.225 e. The first kappa shape index (κ1) is 19.6. The second-order valence-electron chi connectivity index (χ2n) is 5.98. The minimum Gasteiger partial charge on any atom is -0.493 e. The van der Waals surface area contributed by atoms with Crippen LogP contribution in [-0.2, 0) is 11.3 Å². The van der Waals surface area contributed by atoms with Gasteiger partial charge >= 0.3 is 0 Å². The number of hydrogen-bond donors (Lipinski definition) is 2. The Kier molecular flexibility index (Phi) is 6.86. The van der Waals surface area contributed by atoms with Crippen LogP contribution >= 0.6 is 0 Å². The van der Waals surface area contributed by atoms with E-state index in [-0.39, 0.29) is 17.9 Å². The van der Waals surface area contributed by atoms with Crippen molar-refractivity contribution in [3.8, 4) is 17.2 Å². The Hall–Kier alpha value is -2.73. The summed E-state index contributed by atoms with van der Waals surface area (Å²) in [7, 11) is 4.66. The molecule has 6 heteroatoms. The van der Waals surface area contributed by atoms with E-state index < -0.39 is 0 Å². The van der Waals surface area contributed by atoms with Gasteiger partial charge in [0.15, 0.2) is 11.5 Å². The molecule has 0 saturated heterocycles. The number of nitrogens with two attached hydrogens (primary N) is 1. The van der Waals surface area contributed by atoms with Crippen LogP contribution in [0.4, 0.5) is 0 Å². The van der Waals surface area contributed by atoms with E-state index in [1.54, 1.807) is 21.3 Å². The molecule has 6 nitrogen and oxygen atoms in total. The van der Waals surface area contributed by atoms with Crippen LogP contribution in [0.1, 0.15) is 24.1 Å². The normalized spacial score (nSPS) is 12.8. The maximum Gasteiger partial charge on any atom is 0.225 e. The maximum absolute atomic E-state index is 12.5. The summed E-state index contributed by atoms with van der Waals surface area (Å²) in [4.78, 5) is 12.5. The summed E-state index contributed by atoms with van der Waals surface area (Å²) in [6, 6.07) is 12.8. The van der Waals surface area contributed by atoms with Crippen LogP contribution in [0.2, 0.25) is 0 Å². The van der Waals surface area contributed by atoms with E-state index in [4.69, 9.17) is 19.9 Å². The molecule has 0 spiro atoms. The van der Waals surface area contributed by atoms with Gasteiger partial charge in [0.05, 0.1) is 27.2 Å². The Morgan fingerprint density at radius 2 is 1.62 bits per heavy atom. The van der Waals surface area contributed by atoms with Gasteiger partial charge in [-0.1, -0.05) is 37.3 Å². The van der Waals surface area contributed by atoms with Crippen molar-refractivity contribution in [1.82, 2.24) is 5.32 Å². The van der Waals surface area contributed by atoms with Gasteiger partial charge in [0, 0.05) is 12.6 Å². The predicted molar refractivity (Wildman–Crippen MR) is 100 cm³/mol. The summed E-state index contributed by atoms with van der Waals surface area (Å²) in [6.45, 7) is 2.16. The number of benzene rings is 2. The fourth-order valence-corrected chi connectivity index (χ4v) is 2.71. The number of amides is 1. The summed E-state index contributed by atoms with van der Waals surface area (Å²) >= 11 is 0. The molecule has 0 aliphatic carbocycles. The Morgan fingerprint density at radius 1 is 1.04 bits per heavy atom. The molecule has 2 aromatic carbocycles. The number of carbonyl (C=O) groups is 1. The molecule has 1 amide bonds. The molecule has 26 heavy (non-hydrogen) atoms. The quantitative estimate of drug-likeness (QED) is 0.758. The highest BCUT2D eigenvalue weighted by Crippen LogP contribution is 2.38. The second kappa shape index (κ2) is 9.10. The van der Waals surface area contributed by atoms with Gasteiger partial charge in [0.2, 0.25) is 11.7 Å². The third kappa shape index (κ3) is 4.46. The molecule has 0 bridgehead atoms. The van der Waals surface area contributed by atoms with Crippen molar-refractivity contribution in [1.29, 1.82) is 0 Å². The summed E-state index contributed by atoms with van der Waals surface area (Å²) in [6.07, 6.45) is 0. The predicted octanol–water partition coefficient (Wildman–Crippen LogP) is 2.66. The molecular weight excluding hydrogens is 332 g/mol. The summed E-state index contributed by atoms with van der Waals surface area (Å²) in [5.41, 5.74) is 7.99. The monoisotopic (exact) mass is 358 g/mol. The summed E-state index contributed by atoms with van der Waals surface area (Å²) in [5.74, 6) is 1.13. The number of hydrogen-bond acceptors (Lipinski definition) is 5. The van der Waals surface area contributed by atoms with Crippen LogP contribution in [0.5, 0.6) is 17.2 Å². The van der Waals surface area contributed by atoms with E-state index in [9.17, 15) is 4.79 Å².